The van der Waals surface area contributed by atoms with Gasteiger partial charge in [0.05, 0.1) is 23.4 Å². The minimum Gasteiger partial charge on any atom is -0.457 e. The summed E-state index contributed by atoms with van der Waals surface area (Å²) in [5.41, 5.74) is 2.49. The third-order valence-electron chi connectivity index (χ3n) is 6.60. The summed E-state index contributed by atoms with van der Waals surface area (Å²) in [6, 6.07) is 17.2. The highest BCUT2D eigenvalue weighted by Crippen LogP contribution is 2.26. The molecule has 0 saturated heterocycles. The first-order valence-electron chi connectivity index (χ1n) is 13.3. The molecule has 1 unspecified atom stereocenters. The molecule has 1 aromatic heterocycles. The summed E-state index contributed by atoms with van der Waals surface area (Å²) in [4.78, 5) is 34.9. The molecule has 6 nitrogen and oxygen atoms in total. The number of carbonyl (C=O) groups is 2. The van der Waals surface area contributed by atoms with Crippen molar-refractivity contribution in [1.82, 2.24) is 15.3 Å². The number of para-hydroxylation sites is 2. The Kier molecular flexibility index (Phi) is 11.0. The van der Waals surface area contributed by atoms with E-state index in [1.54, 1.807) is 6.07 Å². The summed E-state index contributed by atoms with van der Waals surface area (Å²) >= 11 is 0. The molecule has 0 bridgehead atoms. The van der Waals surface area contributed by atoms with Gasteiger partial charge in [0.15, 0.2) is 5.69 Å². The smallest absolute Gasteiger partial charge is 0.358 e. The standard InChI is InChI=1S/C30H38FN3O3/c1-4-5-17-32-29(35)24(16-15-22(3)31)18-21(2)28(19-23-11-7-6-8-12-23)37-30(36)27-20-33-25-13-9-10-14-26(25)34-27/h6-14,20-22,24,28H,4-5,15-19H2,1-3H3,(H,32,35)/t21-,22?,24+,28-/m0/s1. The largest absolute Gasteiger partial charge is 0.457 e. The van der Waals surface area contributed by atoms with Crippen LogP contribution in [-0.2, 0) is 16.0 Å². The Morgan fingerprint density at radius 2 is 1.70 bits per heavy atom. The molecule has 0 saturated carbocycles. The Bertz CT molecular complexity index is 1140. The minimum absolute atomic E-state index is 0.0638. The van der Waals surface area contributed by atoms with E-state index in [0.29, 0.717) is 43.3 Å². The summed E-state index contributed by atoms with van der Waals surface area (Å²) in [7, 11) is 0. The van der Waals surface area contributed by atoms with Crippen molar-refractivity contribution in [3.63, 3.8) is 0 Å². The van der Waals surface area contributed by atoms with Crippen LogP contribution in [0.2, 0.25) is 0 Å². The number of hydrogen-bond acceptors (Lipinski definition) is 5. The molecule has 0 aliphatic heterocycles. The lowest BCUT2D eigenvalue weighted by atomic mass is 9.85. The van der Waals surface area contributed by atoms with Gasteiger partial charge >= 0.3 is 5.97 Å². The quantitative estimate of drug-likeness (QED) is 0.211. The van der Waals surface area contributed by atoms with E-state index in [1.807, 2.05) is 55.5 Å². The number of carbonyl (C=O) groups excluding carboxylic acids is 2. The Balaban J connectivity index is 1.78. The fourth-order valence-electron chi connectivity index (χ4n) is 4.38. The topological polar surface area (TPSA) is 81.2 Å². The van der Waals surface area contributed by atoms with Crippen LogP contribution in [0, 0.1) is 11.8 Å². The van der Waals surface area contributed by atoms with Gasteiger partial charge in [0.2, 0.25) is 5.91 Å². The molecule has 4 atom stereocenters. The van der Waals surface area contributed by atoms with Gasteiger partial charge in [-0.25, -0.2) is 14.2 Å². The van der Waals surface area contributed by atoms with Gasteiger partial charge < -0.3 is 10.1 Å². The number of esters is 1. The fourth-order valence-corrected chi connectivity index (χ4v) is 4.38. The molecular formula is C30H38FN3O3. The molecule has 0 radical (unpaired) electrons. The lowest BCUT2D eigenvalue weighted by Crippen LogP contribution is -2.36. The van der Waals surface area contributed by atoms with E-state index in [9.17, 15) is 14.0 Å². The number of amides is 1. The van der Waals surface area contributed by atoms with Crippen LogP contribution in [0.3, 0.4) is 0 Å². The number of nitrogens with zero attached hydrogens (tertiary/aromatic N) is 2. The van der Waals surface area contributed by atoms with E-state index in [1.165, 1.54) is 13.1 Å². The van der Waals surface area contributed by atoms with Crippen LogP contribution >= 0.6 is 0 Å². The molecule has 198 valence electrons. The van der Waals surface area contributed by atoms with Crippen molar-refractivity contribution in [3.8, 4) is 0 Å². The van der Waals surface area contributed by atoms with Gasteiger partial charge in [0.1, 0.15) is 6.10 Å². The number of hydrogen-bond donors (Lipinski definition) is 1. The fraction of sp³-hybridized carbons (Fsp3) is 0.467. The van der Waals surface area contributed by atoms with Crippen LogP contribution in [-0.4, -0.2) is 40.7 Å². The molecule has 0 fully saturated rings. The van der Waals surface area contributed by atoms with Crippen LogP contribution in [0.4, 0.5) is 4.39 Å². The number of alkyl halides is 1. The Labute approximate surface area is 219 Å². The van der Waals surface area contributed by atoms with E-state index in [0.717, 1.165) is 18.4 Å². The maximum Gasteiger partial charge on any atom is 0.358 e. The Morgan fingerprint density at radius 3 is 2.41 bits per heavy atom. The van der Waals surface area contributed by atoms with Crippen LogP contribution < -0.4 is 5.32 Å². The number of ether oxygens (including phenoxy) is 1. The van der Waals surface area contributed by atoms with Gasteiger partial charge in [-0.2, -0.15) is 0 Å². The van der Waals surface area contributed by atoms with Crippen molar-refractivity contribution in [2.75, 3.05) is 6.54 Å². The van der Waals surface area contributed by atoms with Crippen LogP contribution in [0.15, 0.2) is 60.8 Å². The molecule has 0 aliphatic rings. The van der Waals surface area contributed by atoms with E-state index in [4.69, 9.17) is 4.74 Å². The first-order valence-corrected chi connectivity index (χ1v) is 13.3. The van der Waals surface area contributed by atoms with Gasteiger partial charge in [0.25, 0.3) is 0 Å². The van der Waals surface area contributed by atoms with Crippen molar-refractivity contribution in [2.24, 2.45) is 11.8 Å². The number of fused-ring (bicyclic) bond motifs is 1. The number of unbranched alkanes of at least 4 members (excludes halogenated alkanes) is 1. The lowest BCUT2D eigenvalue weighted by Gasteiger charge is -2.28. The summed E-state index contributed by atoms with van der Waals surface area (Å²) in [6.07, 6.45) is 3.59. The highest BCUT2D eigenvalue weighted by atomic mass is 19.1. The summed E-state index contributed by atoms with van der Waals surface area (Å²) < 4.78 is 19.7. The average molecular weight is 508 g/mol. The zero-order chi connectivity index (χ0) is 26.6. The number of aromatic nitrogens is 2. The summed E-state index contributed by atoms with van der Waals surface area (Å²) in [6.45, 7) is 6.17. The molecular weight excluding hydrogens is 469 g/mol. The molecule has 3 rings (SSSR count). The molecule has 0 aliphatic carbocycles. The molecule has 1 amide bonds. The average Bonchev–Trinajstić information content (AvgIpc) is 2.90. The van der Waals surface area contributed by atoms with E-state index >= 15 is 0 Å². The maximum atomic E-state index is 13.7. The predicted molar refractivity (Wildman–Crippen MR) is 144 cm³/mol. The predicted octanol–water partition coefficient (Wildman–Crippen LogP) is 6.09. The Morgan fingerprint density at radius 1 is 1.00 bits per heavy atom. The van der Waals surface area contributed by atoms with Crippen LogP contribution in [0.1, 0.15) is 68.9 Å². The van der Waals surface area contributed by atoms with Gasteiger partial charge in [-0.3, -0.25) is 9.78 Å². The van der Waals surface area contributed by atoms with Crippen molar-refractivity contribution in [3.05, 3.63) is 72.1 Å². The first kappa shape index (κ1) is 28.2. The maximum absolute atomic E-state index is 13.7. The molecule has 0 spiro atoms. The van der Waals surface area contributed by atoms with Crippen molar-refractivity contribution in [1.29, 1.82) is 0 Å². The molecule has 7 heteroatoms. The second kappa shape index (κ2) is 14.4. The summed E-state index contributed by atoms with van der Waals surface area (Å²) in [5, 5.41) is 3.00. The normalized spacial score (nSPS) is 14.5. The van der Waals surface area contributed by atoms with E-state index in [-0.39, 0.29) is 23.4 Å². The second-order valence-electron chi connectivity index (χ2n) is 9.79. The number of nitrogens with one attached hydrogen (secondary N) is 1. The zero-order valence-corrected chi connectivity index (χ0v) is 22.0. The first-order chi connectivity index (χ1) is 17.9. The van der Waals surface area contributed by atoms with Gasteiger partial charge in [-0.1, -0.05) is 62.7 Å². The van der Waals surface area contributed by atoms with Gasteiger partial charge in [-0.15, -0.1) is 0 Å². The SMILES string of the molecule is CCCCNC(=O)[C@H](CCC(C)F)C[C@H](C)[C@H](Cc1ccccc1)OC(=O)c1cnc2ccccc2n1. The molecule has 3 aromatic rings. The van der Waals surface area contributed by atoms with E-state index in [2.05, 4.69) is 22.2 Å². The van der Waals surface area contributed by atoms with Gasteiger partial charge in [0, 0.05) is 18.9 Å². The molecule has 2 aromatic carbocycles. The molecule has 1 heterocycles. The van der Waals surface area contributed by atoms with Crippen molar-refractivity contribution in [2.45, 2.75) is 71.6 Å². The van der Waals surface area contributed by atoms with Crippen LogP contribution in [0.5, 0.6) is 0 Å². The van der Waals surface area contributed by atoms with Crippen molar-refractivity contribution >= 4 is 22.9 Å². The highest BCUT2D eigenvalue weighted by molar-refractivity contribution is 5.89. The number of benzene rings is 2. The summed E-state index contributed by atoms with van der Waals surface area (Å²) in [5.74, 6) is -1.12. The van der Waals surface area contributed by atoms with Crippen molar-refractivity contribution < 1.29 is 18.7 Å². The van der Waals surface area contributed by atoms with E-state index < -0.39 is 18.2 Å². The second-order valence-corrected chi connectivity index (χ2v) is 9.79. The highest BCUT2D eigenvalue weighted by Gasteiger charge is 2.29. The third kappa shape index (κ3) is 8.92. The van der Waals surface area contributed by atoms with Gasteiger partial charge in [-0.05, 0) is 56.2 Å². The number of rotatable bonds is 14. The third-order valence-corrected chi connectivity index (χ3v) is 6.60. The van der Waals surface area contributed by atoms with Crippen LogP contribution in [0.25, 0.3) is 11.0 Å². The molecule has 37 heavy (non-hydrogen) atoms. The lowest BCUT2D eigenvalue weighted by molar-refractivity contribution is -0.126. The number of halogens is 1. The minimum atomic E-state index is -0.981. The Hall–Kier alpha value is -3.35. The molecule has 1 N–H and O–H groups in total. The zero-order valence-electron chi connectivity index (χ0n) is 22.0. The monoisotopic (exact) mass is 507 g/mol.